The van der Waals surface area contributed by atoms with Crippen molar-refractivity contribution in [1.29, 1.82) is 0 Å². The van der Waals surface area contributed by atoms with Crippen LogP contribution in [0.5, 0.6) is 0 Å². The number of nitrogens with one attached hydrogen (secondary N) is 1. The van der Waals surface area contributed by atoms with E-state index in [4.69, 9.17) is 16.3 Å². The minimum Gasteiger partial charge on any atom is -0.371 e. The van der Waals surface area contributed by atoms with Crippen molar-refractivity contribution < 1.29 is 4.74 Å². The molecule has 2 atom stereocenters. The fourth-order valence-electron chi connectivity index (χ4n) is 2.42. The quantitative estimate of drug-likeness (QED) is 0.705. The molecule has 1 N–H and O–H groups in total. The maximum atomic E-state index is 6.15. The smallest absolute Gasteiger partial charge is 0.0984 e. The van der Waals surface area contributed by atoms with Gasteiger partial charge in [0.15, 0.2) is 0 Å². The predicted molar refractivity (Wildman–Crippen MR) is 55.6 cm³/mol. The van der Waals surface area contributed by atoms with Gasteiger partial charge in [-0.25, -0.2) is 0 Å². The first-order chi connectivity index (χ1) is 6.86. The third kappa shape index (κ3) is 1.18. The lowest BCUT2D eigenvalue weighted by molar-refractivity contribution is 0.00358. The number of morpholine rings is 1. The number of ether oxygens (including phenoxy) is 1. The third-order valence-electron chi connectivity index (χ3n) is 3.06. The van der Waals surface area contributed by atoms with E-state index < -0.39 is 0 Å². The van der Waals surface area contributed by atoms with Gasteiger partial charge in [-0.3, -0.25) is 0 Å². The molecule has 0 bridgehead atoms. The van der Waals surface area contributed by atoms with E-state index in [0.29, 0.717) is 6.04 Å². The summed E-state index contributed by atoms with van der Waals surface area (Å²) in [5, 5.41) is 4.35. The molecular weight excluding hydrogens is 198 g/mol. The highest BCUT2D eigenvalue weighted by Crippen LogP contribution is 2.38. The molecule has 0 saturated carbocycles. The minimum atomic E-state index is 0.220. The number of hydrogen-bond donors (Lipinski definition) is 1. The van der Waals surface area contributed by atoms with Crippen LogP contribution in [0.1, 0.15) is 17.2 Å². The molecule has 74 valence electrons. The molecule has 1 aromatic rings. The van der Waals surface area contributed by atoms with Crippen LogP contribution in [0.25, 0.3) is 0 Å². The third-order valence-corrected chi connectivity index (χ3v) is 3.41. The van der Waals surface area contributed by atoms with Crippen LogP contribution in [-0.4, -0.2) is 19.2 Å². The van der Waals surface area contributed by atoms with Crippen LogP contribution in [0.3, 0.4) is 0 Å². The number of rotatable bonds is 0. The summed E-state index contributed by atoms with van der Waals surface area (Å²) in [5.74, 6) is 0. The van der Waals surface area contributed by atoms with Crippen LogP contribution in [0.2, 0.25) is 5.02 Å². The fraction of sp³-hybridized carbons (Fsp3) is 0.455. The number of halogens is 1. The van der Waals surface area contributed by atoms with Crippen molar-refractivity contribution in [2.24, 2.45) is 0 Å². The lowest BCUT2D eigenvalue weighted by atomic mass is 10.1. The van der Waals surface area contributed by atoms with E-state index in [1.807, 2.05) is 12.1 Å². The minimum absolute atomic E-state index is 0.220. The molecule has 1 aliphatic carbocycles. The first kappa shape index (κ1) is 8.72. The van der Waals surface area contributed by atoms with E-state index in [1.165, 1.54) is 11.1 Å². The van der Waals surface area contributed by atoms with Gasteiger partial charge >= 0.3 is 0 Å². The molecule has 0 aromatic heterocycles. The molecule has 2 unspecified atom stereocenters. The largest absolute Gasteiger partial charge is 0.371 e. The summed E-state index contributed by atoms with van der Waals surface area (Å²) in [6.07, 6.45) is 1.22. The summed E-state index contributed by atoms with van der Waals surface area (Å²) in [5.41, 5.74) is 2.54. The Bertz CT molecular complexity index is 366. The average molecular weight is 210 g/mol. The molecule has 1 aliphatic heterocycles. The van der Waals surface area contributed by atoms with Crippen LogP contribution in [0.4, 0.5) is 0 Å². The number of benzene rings is 1. The maximum Gasteiger partial charge on any atom is 0.0984 e. The van der Waals surface area contributed by atoms with Gasteiger partial charge in [0.25, 0.3) is 0 Å². The van der Waals surface area contributed by atoms with Crippen LogP contribution in [0.15, 0.2) is 18.2 Å². The highest BCUT2D eigenvalue weighted by atomic mass is 35.5. The summed E-state index contributed by atoms with van der Waals surface area (Å²) in [6.45, 7) is 1.75. The van der Waals surface area contributed by atoms with Gasteiger partial charge < -0.3 is 10.1 Å². The predicted octanol–water partition coefficient (Wildman–Crippen LogP) is 1.93. The van der Waals surface area contributed by atoms with Crippen LogP contribution in [-0.2, 0) is 11.2 Å². The molecule has 3 rings (SSSR count). The molecule has 1 fully saturated rings. The standard InChI is InChI=1S/C11H12ClNO/c12-9-3-1-2-7-8(9)6-10-11(7)14-5-4-13-10/h1-3,10-11,13H,4-6H2. The highest BCUT2D eigenvalue weighted by molar-refractivity contribution is 6.31. The molecule has 1 aromatic carbocycles. The Kier molecular flexibility index (Phi) is 2.01. The van der Waals surface area contributed by atoms with E-state index in [9.17, 15) is 0 Å². The summed E-state index contributed by atoms with van der Waals surface area (Å²) in [6, 6.07) is 6.51. The molecular formula is C11H12ClNO. The van der Waals surface area contributed by atoms with Crippen molar-refractivity contribution in [2.75, 3.05) is 13.2 Å². The Morgan fingerprint density at radius 2 is 2.36 bits per heavy atom. The van der Waals surface area contributed by atoms with Crippen molar-refractivity contribution in [3.63, 3.8) is 0 Å². The molecule has 2 nitrogen and oxygen atoms in total. The summed E-state index contributed by atoms with van der Waals surface area (Å²) >= 11 is 6.15. The molecule has 1 saturated heterocycles. The van der Waals surface area contributed by atoms with E-state index >= 15 is 0 Å². The second kappa shape index (κ2) is 3.23. The monoisotopic (exact) mass is 209 g/mol. The Labute approximate surface area is 88.2 Å². The molecule has 0 spiro atoms. The molecule has 3 heteroatoms. The van der Waals surface area contributed by atoms with E-state index in [0.717, 1.165) is 24.6 Å². The summed E-state index contributed by atoms with van der Waals surface area (Å²) in [7, 11) is 0. The maximum absolute atomic E-state index is 6.15. The Morgan fingerprint density at radius 1 is 1.43 bits per heavy atom. The lowest BCUT2D eigenvalue weighted by Crippen LogP contribution is -2.41. The van der Waals surface area contributed by atoms with Crippen LogP contribution >= 0.6 is 11.6 Å². The summed E-state index contributed by atoms with van der Waals surface area (Å²) < 4.78 is 5.76. The first-order valence-electron chi connectivity index (χ1n) is 4.98. The second-order valence-electron chi connectivity index (χ2n) is 3.86. The van der Waals surface area contributed by atoms with Gasteiger partial charge in [0.1, 0.15) is 0 Å². The molecule has 1 heterocycles. The van der Waals surface area contributed by atoms with Gasteiger partial charge in [-0.05, 0) is 23.6 Å². The van der Waals surface area contributed by atoms with Gasteiger partial charge in [0.05, 0.1) is 12.7 Å². The van der Waals surface area contributed by atoms with Crippen molar-refractivity contribution in [1.82, 2.24) is 5.32 Å². The van der Waals surface area contributed by atoms with Crippen molar-refractivity contribution in [3.05, 3.63) is 34.3 Å². The van der Waals surface area contributed by atoms with Gasteiger partial charge in [-0.15, -0.1) is 0 Å². The zero-order valence-corrected chi connectivity index (χ0v) is 8.55. The molecule has 2 aliphatic rings. The highest BCUT2D eigenvalue weighted by Gasteiger charge is 2.35. The first-order valence-corrected chi connectivity index (χ1v) is 5.36. The van der Waals surface area contributed by atoms with Crippen molar-refractivity contribution >= 4 is 11.6 Å². The van der Waals surface area contributed by atoms with Crippen molar-refractivity contribution in [3.8, 4) is 0 Å². The van der Waals surface area contributed by atoms with Gasteiger partial charge in [0, 0.05) is 17.6 Å². The lowest BCUT2D eigenvalue weighted by Gasteiger charge is -2.27. The van der Waals surface area contributed by atoms with E-state index in [1.54, 1.807) is 0 Å². The van der Waals surface area contributed by atoms with E-state index in [2.05, 4.69) is 11.4 Å². The van der Waals surface area contributed by atoms with E-state index in [-0.39, 0.29) is 6.10 Å². The summed E-state index contributed by atoms with van der Waals surface area (Å²) in [4.78, 5) is 0. The Morgan fingerprint density at radius 3 is 3.29 bits per heavy atom. The fourth-order valence-corrected chi connectivity index (χ4v) is 2.68. The Balaban J connectivity index is 2.05. The number of hydrogen-bond acceptors (Lipinski definition) is 2. The number of fused-ring (bicyclic) bond motifs is 3. The van der Waals surface area contributed by atoms with Gasteiger partial charge in [0.2, 0.25) is 0 Å². The van der Waals surface area contributed by atoms with Crippen molar-refractivity contribution in [2.45, 2.75) is 18.6 Å². The van der Waals surface area contributed by atoms with Crippen LogP contribution < -0.4 is 5.32 Å². The van der Waals surface area contributed by atoms with Crippen LogP contribution in [0, 0.1) is 0 Å². The molecule has 14 heavy (non-hydrogen) atoms. The average Bonchev–Trinajstić information content (AvgIpc) is 2.59. The molecule has 0 radical (unpaired) electrons. The zero-order chi connectivity index (χ0) is 9.54. The van der Waals surface area contributed by atoms with Gasteiger partial charge in [-0.2, -0.15) is 0 Å². The van der Waals surface area contributed by atoms with Gasteiger partial charge in [-0.1, -0.05) is 23.7 Å². The molecule has 0 amide bonds. The Hall–Kier alpha value is -0.570. The second-order valence-corrected chi connectivity index (χ2v) is 4.27. The normalized spacial score (nSPS) is 29.8. The topological polar surface area (TPSA) is 21.3 Å². The SMILES string of the molecule is Clc1cccc2c1CC1NCCOC21. The zero-order valence-electron chi connectivity index (χ0n) is 7.79.